The van der Waals surface area contributed by atoms with Crippen LogP contribution in [0.1, 0.15) is 26.3 Å². The van der Waals surface area contributed by atoms with Crippen molar-refractivity contribution in [2.75, 3.05) is 26.2 Å². The highest BCUT2D eigenvalue weighted by Crippen LogP contribution is 2.30. The quantitative estimate of drug-likeness (QED) is 0.378. The first-order valence-corrected chi connectivity index (χ1v) is 11.1. The largest absolute Gasteiger partial charge is 0.359 e. The van der Waals surface area contributed by atoms with Crippen LogP contribution in [0.2, 0.25) is 0 Å². The van der Waals surface area contributed by atoms with Crippen molar-refractivity contribution in [1.29, 1.82) is 0 Å². The number of ketones is 1. The molecule has 1 fully saturated rings. The third-order valence-corrected chi connectivity index (χ3v) is 6.17. The van der Waals surface area contributed by atoms with Crippen molar-refractivity contribution in [2.24, 2.45) is 0 Å². The van der Waals surface area contributed by atoms with Gasteiger partial charge in [-0.2, -0.15) is 0 Å². The van der Waals surface area contributed by atoms with Crippen LogP contribution >= 0.6 is 0 Å². The Kier molecular flexibility index (Phi) is 5.63. The molecule has 4 heterocycles. The topological polar surface area (TPSA) is 99.3 Å². The van der Waals surface area contributed by atoms with E-state index in [1.807, 2.05) is 37.3 Å². The number of carbonyl (C=O) groups is 3. The van der Waals surface area contributed by atoms with Crippen LogP contribution in [0.25, 0.3) is 22.2 Å². The number of pyridine rings is 2. The third kappa shape index (κ3) is 3.83. The van der Waals surface area contributed by atoms with E-state index in [1.54, 1.807) is 41.8 Å². The number of nitrogens with zero attached hydrogens (tertiary/aromatic N) is 4. The molecule has 1 aromatic carbocycles. The number of fused-ring (bicyclic) bond motifs is 1. The lowest BCUT2D eigenvalue weighted by Gasteiger charge is -2.34. The number of Topliss-reactive ketones (excluding diaryl/α,β-unsaturated/α-hetero) is 1. The van der Waals surface area contributed by atoms with Crippen molar-refractivity contribution in [3.05, 3.63) is 83.9 Å². The van der Waals surface area contributed by atoms with Gasteiger partial charge in [-0.1, -0.05) is 18.2 Å². The molecule has 0 aliphatic carbocycles. The van der Waals surface area contributed by atoms with Gasteiger partial charge in [0, 0.05) is 67.5 Å². The van der Waals surface area contributed by atoms with E-state index < -0.39 is 11.7 Å². The zero-order chi connectivity index (χ0) is 23.7. The number of carbonyl (C=O) groups excluding carboxylic acids is 3. The first-order valence-electron chi connectivity index (χ1n) is 11.1. The van der Waals surface area contributed by atoms with Gasteiger partial charge in [-0.15, -0.1) is 0 Å². The van der Waals surface area contributed by atoms with E-state index in [1.165, 1.54) is 4.90 Å². The number of hydrogen-bond acceptors (Lipinski definition) is 5. The van der Waals surface area contributed by atoms with Gasteiger partial charge in [0.05, 0.1) is 16.8 Å². The summed E-state index contributed by atoms with van der Waals surface area (Å²) in [5, 5.41) is 0.693. The second-order valence-electron chi connectivity index (χ2n) is 8.26. The van der Waals surface area contributed by atoms with Gasteiger partial charge in [-0.3, -0.25) is 24.4 Å². The highest BCUT2D eigenvalue weighted by Gasteiger charge is 2.30. The Hall–Kier alpha value is -4.33. The number of hydrogen-bond donors (Lipinski definition) is 1. The maximum atomic E-state index is 13.2. The average Bonchev–Trinajstić information content (AvgIpc) is 3.35. The van der Waals surface area contributed by atoms with Crippen LogP contribution in [0.15, 0.2) is 67.3 Å². The fraction of sp³-hybridized carbons (Fsp3) is 0.192. The van der Waals surface area contributed by atoms with Crippen LogP contribution in [0.4, 0.5) is 0 Å². The number of amides is 2. The molecular formula is C26H23N5O3. The number of aryl methyl sites for hydroxylation is 1. The van der Waals surface area contributed by atoms with E-state index >= 15 is 0 Å². The summed E-state index contributed by atoms with van der Waals surface area (Å²) in [6, 6.07) is 12.8. The van der Waals surface area contributed by atoms with E-state index in [0.717, 1.165) is 11.1 Å². The monoisotopic (exact) mass is 453 g/mol. The Morgan fingerprint density at radius 1 is 0.912 bits per heavy atom. The van der Waals surface area contributed by atoms with E-state index in [2.05, 4.69) is 15.0 Å². The summed E-state index contributed by atoms with van der Waals surface area (Å²) in [6.45, 7) is 3.27. The van der Waals surface area contributed by atoms with Gasteiger partial charge in [-0.05, 0) is 36.8 Å². The molecule has 0 bridgehead atoms. The molecule has 0 saturated carbocycles. The summed E-state index contributed by atoms with van der Waals surface area (Å²) in [5.41, 5.74) is 4.03. The molecule has 0 radical (unpaired) electrons. The maximum Gasteiger partial charge on any atom is 0.295 e. The van der Waals surface area contributed by atoms with E-state index in [9.17, 15) is 14.4 Å². The van der Waals surface area contributed by atoms with E-state index in [-0.39, 0.29) is 5.91 Å². The first kappa shape index (κ1) is 21.5. The Bertz CT molecular complexity index is 1370. The molecule has 8 nitrogen and oxygen atoms in total. The molecule has 8 heteroatoms. The highest BCUT2D eigenvalue weighted by atomic mass is 16.2. The van der Waals surface area contributed by atoms with Gasteiger partial charge in [0.15, 0.2) is 0 Å². The summed E-state index contributed by atoms with van der Waals surface area (Å²) < 4.78 is 0. The third-order valence-electron chi connectivity index (χ3n) is 6.17. The highest BCUT2D eigenvalue weighted by molar-refractivity contribution is 6.45. The number of benzene rings is 1. The van der Waals surface area contributed by atoms with E-state index in [4.69, 9.17) is 0 Å². The zero-order valence-corrected chi connectivity index (χ0v) is 18.7. The van der Waals surface area contributed by atoms with Crippen molar-refractivity contribution in [2.45, 2.75) is 6.92 Å². The Morgan fingerprint density at radius 2 is 1.59 bits per heavy atom. The molecule has 1 aliphatic heterocycles. The van der Waals surface area contributed by atoms with E-state index in [0.29, 0.717) is 53.9 Å². The summed E-state index contributed by atoms with van der Waals surface area (Å²) in [4.78, 5) is 54.0. The molecular weight excluding hydrogens is 430 g/mol. The smallest absolute Gasteiger partial charge is 0.295 e. The molecule has 1 saturated heterocycles. The van der Waals surface area contributed by atoms with Gasteiger partial charge >= 0.3 is 0 Å². The molecule has 0 spiro atoms. The fourth-order valence-corrected chi connectivity index (χ4v) is 4.35. The molecule has 4 aromatic rings. The second kappa shape index (κ2) is 8.90. The number of piperazine rings is 1. The minimum Gasteiger partial charge on any atom is -0.359 e. The number of aromatic amines is 1. The Labute approximate surface area is 196 Å². The first-order chi connectivity index (χ1) is 16.5. The Morgan fingerprint density at radius 3 is 2.29 bits per heavy atom. The van der Waals surface area contributed by atoms with Crippen LogP contribution in [0.5, 0.6) is 0 Å². The van der Waals surface area contributed by atoms with Gasteiger partial charge < -0.3 is 14.8 Å². The summed E-state index contributed by atoms with van der Waals surface area (Å²) in [7, 11) is 0. The molecule has 3 aromatic heterocycles. The summed E-state index contributed by atoms with van der Waals surface area (Å²) in [6.07, 6.45) is 6.66. The van der Waals surface area contributed by atoms with Crippen LogP contribution in [0.3, 0.4) is 0 Å². The Balaban J connectivity index is 1.35. The van der Waals surface area contributed by atoms with Gasteiger partial charge in [-0.25, -0.2) is 0 Å². The fourth-order valence-electron chi connectivity index (χ4n) is 4.35. The van der Waals surface area contributed by atoms with Crippen LogP contribution in [-0.2, 0) is 4.79 Å². The lowest BCUT2D eigenvalue weighted by molar-refractivity contribution is -0.127. The minimum atomic E-state index is -0.566. The summed E-state index contributed by atoms with van der Waals surface area (Å²) in [5.74, 6) is -1.19. The van der Waals surface area contributed by atoms with Crippen molar-refractivity contribution in [1.82, 2.24) is 24.8 Å². The average molecular weight is 454 g/mol. The zero-order valence-electron chi connectivity index (χ0n) is 18.7. The van der Waals surface area contributed by atoms with Gasteiger partial charge in [0.25, 0.3) is 17.6 Å². The second-order valence-corrected chi connectivity index (χ2v) is 8.26. The predicted molar refractivity (Wildman–Crippen MR) is 127 cm³/mol. The minimum absolute atomic E-state index is 0.0672. The molecule has 2 amide bonds. The predicted octanol–water partition coefficient (Wildman–Crippen LogP) is 3.10. The SMILES string of the molecule is Cc1cnc(-c2ccncc2)c2[nH]cc(C(=O)C(=O)N3CCN(C(=O)c4ccccc4)CC3)c12. The molecule has 170 valence electrons. The standard InChI is InChI=1S/C26H23N5O3/c1-17-15-28-22(18-7-9-27-10-8-18)23-21(17)20(16-29-23)24(32)26(34)31-13-11-30(12-14-31)25(33)19-5-3-2-4-6-19/h2-10,15-16,29H,11-14H2,1H3. The molecule has 34 heavy (non-hydrogen) atoms. The number of nitrogens with one attached hydrogen (secondary N) is 1. The summed E-state index contributed by atoms with van der Waals surface area (Å²) >= 11 is 0. The van der Waals surface area contributed by atoms with Crippen molar-refractivity contribution < 1.29 is 14.4 Å². The number of rotatable bonds is 4. The van der Waals surface area contributed by atoms with Crippen LogP contribution in [-0.4, -0.2) is 68.5 Å². The normalized spacial score (nSPS) is 13.8. The molecule has 1 N–H and O–H groups in total. The molecule has 0 atom stereocenters. The number of H-pyrrole nitrogens is 1. The van der Waals surface area contributed by atoms with Crippen molar-refractivity contribution in [3.8, 4) is 11.3 Å². The van der Waals surface area contributed by atoms with Crippen LogP contribution in [0, 0.1) is 6.92 Å². The van der Waals surface area contributed by atoms with Gasteiger partial charge in [0.1, 0.15) is 0 Å². The number of aromatic nitrogens is 3. The van der Waals surface area contributed by atoms with Crippen LogP contribution < -0.4 is 0 Å². The van der Waals surface area contributed by atoms with Crippen molar-refractivity contribution in [3.63, 3.8) is 0 Å². The lowest BCUT2D eigenvalue weighted by atomic mass is 10.0. The molecule has 5 rings (SSSR count). The molecule has 0 unspecified atom stereocenters. The van der Waals surface area contributed by atoms with Crippen molar-refractivity contribution >= 4 is 28.5 Å². The molecule has 1 aliphatic rings. The van der Waals surface area contributed by atoms with Gasteiger partial charge in [0.2, 0.25) is 0 Å². The lowest BCUT2D eigenvalue weighted by Crippen LogP contribution is -2.52. The maximum absolute atomic E-state index is 13.2.